The number of hydrogen-bond acceptors (Lipinski definition) is 3. The Labute approximate surface area is 107 Å². The lowest BCUT2D eigenvalue weighted by molar-refractivity contribution is 0.0911. The predicted octanol–water partition coefficient (Wildman–Crippen LogP) is 3.00. The quantitative estimate of drug-likeness (QED) is 0.944. The molecule has 0 saturated heterocycles. The molecule has 0 radical (unpaired) electrons. The summed E-state index contributed by atoms with van der Waals surface area (Å²) in [5.74, 6) is 0.0858. The summed E-state index contributed by atoms with van der Waals surface area (Å²) < 4.78 is 10.7. The fourth-order valence-electron chi connectivity index (χ4n) is 1.54. The van der Waals surface area contributed by atoms with Gasteiger partial charge in [0.15, 0.2) is 10.4 Å². The Kier molecular flexibility index (Phi) is 3.68. The maximum Gasteiger partial charge on any atom is 0.287 e. The molecule has 0 aliphatic carbocycles. The van der Waals surface area contributed by atoms with E-state index in [4.69, 9.17) is 8.83 Å². The minimum atomic E-state index is -0.216. The third-order valence-corrected chi connectivity index (χ3v) is 2.72. The molecule has 0 bridgehead atoms. The van der Waals surface area contributed by atoms with Gasteiger partial charge < -0.3 is 14.2 Å². The van der Waals surface area contributed by atoms with Gasteiger partial charge in [0, 0.05) is 6.04 Å². The molecule has 1 amide bonds. The normalized spacial score (nSPS) is 12.4. The average molecular weight is 298 g/mol. The van der Waals surface area contributed by atoms with Crippen LogP contribution in [0.4, 0.5) is 0 Å². The summed E-state index contributed by atoms with van der Waals surface area (Å²) in [6.07, 6.45) is 4.02. The predicted molar refractivity (Wildman–Crippen MR) is 65.7 cm³/mol. The van der Waals surface area contributed by atoms with Gasteiger partial charge in [0.2, 0.25) is 0 Å². The molecule has 1 N–H and O–H groups in total. The number of nitrogens with one attached hydrogen (secondary N) is 1. The molecule has 90 valence electrons. The van der Waals surface area contributed by atoms with Gasteiger partial charge in [0.25, 0.3) is 5.91 Å². The fourth-order valence-corrected chi connectivity index (χ4v) is 1.85. The van der Waals surface area contributed by atoms with Gasteiger partial charge in [-0.3, -0.25) is 4.79 Å². The van der Waals surface area contributed by atoms with Gasteiger partial charge in [-0.15, -0.1) is 0 Å². The van der Waals surface area contributed by atoms with Gasteiger partial charge in [0.1, 0.15) is 0 Å². The smallest absolute Gasteiger partial charge is 0.287 e. The largest absolute Gasteiger partial charge is 0.472 e. The molecule has 2 aromatic rings. The Morgan fingerprint density at radius 3 is 2.88 bits per heavy atom. The Morgan fingerprint density at radius 1 is 1.47 bits per heavy atom. The number of hydrogen-bond donors (Lipinski definition) is 1. The number of halogens is 1. The molecular weight excluding hydrogens is 286 g/mol. The molecule has 1 unspecified atom stereocenters. The Bertz CT molecular complexity index is 490. The molecule has 2 heterocycles. The van der Waals surface area contributed by atoms with Gasteiger partial charge in [-0.25, -0.2) is 0 Å². The first-order chi connectivity index (χ1) is 8.15. The topological polar surface area (TPSA) is 55.4 Å². The van der Waals surface area contributed by atoms with Crippen molar-refractivity contribution in [2.24, 2.45) is 0 Å². The van der Waals surface area contributed by atoms with Crippen LogP contribution in [-0.2, 0) is 6.42 Å². The highest BCUT2D eigenvalue weighted by molar-refractivity contribution is 9.10. The summed E-state index contributed by atoms with van der Waals surface area (Å²) in [5.41, 5.74) is 1.05. The van der Waals surface area contributed by atoms with E-state index >= 15 is 0 Å². The highest BCUT2D eigenvalue weighted by atomic mass is 79.9. The fraction of sp³-hybridized carbons (Fsp3) is 0.250. The van der Waals surface area contributed by atoms with Gasteiger partial charge in [-0.05, 0) is 53.0 Å². The highest BCUT2D eigenvalue weighted by Crippen LogP contribution is 2.14. The van der Waals surface area contributed by atoms with E-state index in [9.17, 15) is 4.79 Å². The summed E-state index contributed by atoms with van der Waals surface area (Å²) in [6, 6.07) is 5.22. The second kappa shape index (κ2) is 5.23. The lowest BCUT2D eigenvalue weighted by atomic mass is 10.1. The Morgan fingerprint density at radius 2 is 2.29 bits per heavy atom. The van der Waals surface area contributed by atoms with Crippen molar-refractivity contribution in [1.82, 2.24) is 5.32 Å². The number of amides is 1. The maximum atomic E-state index is 11.7. The van der Waals surface area contributed by atoms with Crippen LogP contribution in [-0.4, -0.2) is 11.9 Å². The zero-order valence-electron chi connectivity index (χ0n) is 9.27. The summed E-state index contributed by atoms with van der Waals surface area (Å²) in [6.45, 7) is 1.93. The third-order valence-electron chi connectivity index (χ3n) is 2.30. The molecule has 1 atom stereocenters. The van der Waals surface area contributed by atoms with Crippen LogP contribution in [0.5, 0.6) is 0 Å². The van der Waals surface area contributed by atoms with E-state index < -0.39 is 0 Å². The van der Waals surface area contributed by atoms with Gasteiger partial charge in [-0.2, -0.15) is 0 Å². The van der Waals surface area contributed by atoms with E-state index in [1.54, 1.807) is 24.7 Å². The summed E-state index contributed by atoms with van der Waals surface area (Å²) >= 11 is 3.16. The van der Waals surface area contributed by atoms with E-state index in [-0.39, 0.29) is 11.9 Å². The van der Waals surface area contributed by atoms with Crippen molar-refractivity contribution in [3.8, 4) is 0 Å². The van der Waals surface area contributed by atoms with E-state index in [1.807, 2.05) is 13.0 Å². The van der Waals surface area contributed by atoms with Crippen LogP contribution in [0.2, 0.25) is 0 Å². The zero-order chi connectivity index (χ0) is 12.3. The standard InChI is InChI=1S/C12H12BrNO3/c1-8(6-9-4-5-16-7-9)14-12(15)10-2-3-11(13)17-10/h2-5,7-8H,6H2,1H3,(H,14,15). The molecule has 0 saturated carbocycles. The van der Waals surface area contributed by atoms with E-state index in [0.717, 1.165) is 12.0 Å². The van der Waals surface area contributed by atoms with Crippen LogP contribution < -0.4 is 5.32 Å². The molecular formula is C12H12BrNO3. The monoisotopic (exact) mass is 297 g/mol. The van der Waals surface area contributed by atoms with Crippen LogP contribution in [0.3, 0.4) is 0 Å². The van der Waals surface area contributed by atoms with E-state index in [0.29, 0.717) is 10.4 Å². The zero-order valence-corrected chi connectivity index (χ0v) is 10.9. The number of carbonyl (C=O) groups is 1. The molecule has 0 aliphatic rings. The van der Waals surface area contributed by atoms with Crippen molar-refractivity contribution >= 4 is 21.8 Å². The Hall–Kier alpha value is -1.49. The van der Waals surface area contributed by atoms with Crippen LogP contribution in [0.15, 0.2) is 44.2 Å². The molecule has 0 aliphatic heterocycles. The minimum Gasteiger partial charge on any atom is -0.472 e. The second-order valence-corrected chi connectivity index (χ2v) is 4.60. The number of furan rings is 2. The van der Waals surface area contributed by atoms with Gasteiger partial charge in [0.05, 0.1) is 12.5 Å². The summed E-state index contributed by atoms with van der Waals surface area (Å²) in [7, 11) is 0. The molecule has 4 nitrogen and oxygen atoms in total. The summed E-state index contributed by atoms with van der Waals surface area (Å²) in [4.78, 5) is 11.7. The molecule has 0 spiro atoms. The molecule has 2 aromatic heterocycles. The van der Waals surface area contributed by atoms with Crippen molar-refractivity contribution in [2.45, 2.75) is 19.4 Å². The van der Waals surface area contributed by atoms with Crippen LogP contribution in [0.1, 0.15) is 23.0 Å². The molecule has 17 heavy (non-hydrogen) atoms. The Balaban J connectivity index is 1.90. The SMILES string of the molecule is CC(Cc1ccoc1)NC(=O)c1ccc(Br)o1. The number of carbonyl (C=O) groups excluding carboxylic acids is 1. The second-order valence-electron chi connectivity index (χ2n) is 3.81. The van der Waals surface area contributed by atoms with E-state index in [1.165, 1.54) is 0 Å². The third kappa shape index (κ3) is 3.23. The van der Waals surface area contributed by atoms with Crippen LogP contribution in [0, 0.1) is 0 Å². The van der Waals surface area contributed by atoms with Gasteiger partial charge >= 0.3 is 0 Å². The first kappa shape index (κ1) is 12.0. The minimum absolute atomic E-state index is 0.0176. The van der Waals surface area contributed by atoms with Crippen LogP contribution >= 0.6 is 15.9 Å². The first-order valence-electron chi connectivity index (χ1n) is 5.22. The van der Waals surface area contributed by atoms with Crippen molar-refractivity contribution in [3.63, 3.8) is 0 Å². The maximum absolute atomic E-state index is 11.7. The molecule has 0 fully saturated rings. The van der Waals surface area contributed by atoms with Gasteiger partial charge in [-0.1, -0.05) is 0 Å². The van der Waals surface area contributed by atoms with Crippen molar-refractivity contribution < 1.29 is 13.6 Å². The highest BCUT2D eigenvalue weighted by Gasteiger charge is 2.13. The average Bonchev–Trinajstić information content (AvgIpc) is 2.89. The molecule has 5 heteroatoms. The van der Waals surface area contributed by atoms with E-state index in [2.05, 4.69) is 21.2 Å². The lowest BCUT2D eigenvalue weighted by Gasteiger charge is -2.11. The number of rotatable bonds is 4. The molecule has 2 rings (SSSR count). The van der Waals surface area contributed by atoms with Crippen molar-refractivity contribution in [2.75, 3.05) is 0 Å². The lowest BCUT2D eigenvalue weighted by Crippen LogP contribution is -2.33. The summed E-state index contributed by atoms with van der Waals surface area (Å²) in [5, 5.41) is 2.85. The van der Waals surface area contributed by atoms with Crippen molar-refractivity contribution in [1.29, 1.82) is 0 Å². The van der Waals surface area contributed by atoms with Crippen molar-refractivity contribution in [3.05, 3.63) is 46.7 Å². The molecule has 0 aromatic carbocycles. The first-order valence-corrected chi connectivity index (χ1v) is 6.01. The van der Waals surface area contributed by atoms with Crippen LogP contribution in [0.25, 0.3) is 0 Å².